The van der Waals surface area contributed by atoms with Crippen molar-refractivity contribution in [1.29, 1.82) is 0 Å². The number of nitrogens with zero attached hydrogens (tertiary/aromatic N) is 3. The summed E-state index contributed by atoms with van der Waals surface area (Å²) >= 11 is 1.66. The van der Waals surface area contributed by atoms with Gasteiger partial charge < -0.3 is 0 Å². The SMILES string of the molecule is Cc1ccc(-n2c(C(C)(C)C)cs/c2=N/c2ccccn2)cc1C. The van der Waals surface area contributed by atoms with Crippen LogP contribution in [0.4, 0.5) is 5.82 Å². The van der Waals surface area contributed by atoms with E-state index in [0.717, 1.165) is 16.3 Å². The van der Waals surface area contributed by atoms with Crippen molar-refractivity contribution in [3.05, 3.63) is 69.6 Å². The van der Waals surface area contributed by atoms with Crippen molar-refractivity contribution in [3.63, 3.8) is 0 Å². The van der Waals surface area contributed by atoms with Gasteiger partial charge >= 0.3 is 0 Å². The summed E-state index contributed by atoms with van der Waals surface area (Å²) in [7, 11) is 0. The van der Waals surface area contributed by atoms with Gasteiger partial charge in [0.25, 0.3) is 0 Å². The van der Waals surface area contributed by atoms with Gasteiger partial charge in [0.2, 0.25) is 0 Å². The highest BCUT2D eigenvalue weighted by molar-refractivity contribution is 7.07. The molecule has 3 nitrogen and oxygen atoms in total. The third-order valence-corrected chi connectivity index (χ3v) is 4.91. The van der Waals surface area contributed by atoms with E-state index in [1.165, 1.54) is 16.8 Å². The van der Waals surface area contributed by atoms with Gasteiger partial charge in [0.05, 0.1) is 0 Å². The molecule has 0 spiro atoms. The molecule has 0 amide bonds. The molecule has 2 heterocycles. The van der Waals surface area contributed by atoms with E-state index in [9.17, 15) is 0 Å². The normalized spacial score (nSPS) is 12.6. The fraction of sp³-hybridized carbons (Fsp3) is 0.300. The van der Waals surface area contributed by atoms with Crippen LogP contribution in [0.3, 0.4) is 0 Å². The molecule has 24 heavy (non-hydrogen) atoms. The van der Waals surface area contributed by atoms with Gasteiger partial charge in [-0.25, -0.2) is 9.98 Å². The third kappa shape index (κ3) is 3.34. The van der Waals surface area contributed by atoms with Gasteiger partial charge in [-0.05, 0) is 49.2 Å². The zero-order valence-electron chi connectivity index (χ0n) is 14.9. The van der Waals surface area contributed by atoms with Crippen LogP contribution >= 0.6 is 11.3 Å². The van der Waals surface area contributed by atoms with Crippen molar-refractivity contribution < 1.29 is 0 Å². The lowest BCUT2D eigenvalue weighted by molar-refractivity contribution is 0.553. The minimum Gasteiger partial charge on any atom is -0.289 e. The van der Waals surface area contributed by atoms with Crippen molar-refractivity contribution in [2.24, 2.45) is 4.99 Å². The Morgan fingerprint density at radius 3 is 2.46 bits per heavy atom. The molecule has 0 aliphatic heterocycles. The fourth-order valence-electron chi connectivity index (χ4n) is 2.54. The number of benzene rings is 1. The number of hydrogen-bond acceptors (Lipinski definition) is 3. The minimum atomic E-state index is 0.0349. The number of aromatic nitrogens is 2. The Labute approximate surface area is 147 Å². The smallest absolute Gasteiger partial charge is 0.196 e. The first-order valence-electron chi connectivity index (χ1n) is 8.11. The first kappa shape index (κ1) is 16.7. The molecular formula is C20H23N3S. The van der Waals surface area contributed by atoms with Gasteiger partial charge in [-0.2, -0.15) is 0 Å². The van der Waals surface area contributed by atoms with E-state index >= 15 is 0 Å². The van der Waals surface area contributed by atoms with Crippen LogP contribution in [0, 0.1) is 13.8 Å². The van der Waals surface area contributed by atoms with Gasteiger partial charge in [-0.1, -0.05) is 32.9 Å². The van der Waals surface area contributed by atoms with Crippen LogP contribution in [-0.4, -0.2) is 9.55 Å². The molecule has 3 rings (SSSR count). The van der Waals surface area contributed by atoms with Crippen LogP contribution in [0.1, 0.15) is 37.6 Å². The second-order valence-electron chi connectivity index (χ2n) is 7.06. The van der Waals surface area contributed by atoms with E-state index in [2.05, 4.69) is 67.7 Å². The zero-order valence-corrected chi connectivity index (χ0v) is 15.7. The molecule has 0 fully saturated rings. The van der Waals surface area contributed by atoms with Gasteiger partial charge in [-0.3, -0.25) is 4.57 Å². The molecule has 0 saturated heterocycles. The molecule has 0 atom stereocenters. The molecule has 4 heteroatoms. The van der Waals surface area contributed by atoms with E-state index < -0.39 is 0 Å². The van der Waals surface area contributed by atoms with E-state index in [0.29, 0.717) is 0 Å². The largest absolute Gasteiger partial charge is 0.289 e. The topological polar surface area (TPSA) is 30.2 Å². The molecule has 0 bridgehead atoms. The Morgan fingerprint density at radius 2 is 1.83 bits per heavy atom. The van der Waals surface area contributed by atoms with Crippen LogP contribution < -0.4 is 4.80 Å². The first-order chi connectivity index (χ1) is 11.4. The summed E-state index contributed by atoms with van der Waals surface area (Å²) in [6, 6.07) is 12.4. The quantitative estimate of drug-likeness (QED) is 0.641. The number of aryl methyl sites for hydroxylation is 2. The second kappa shape index (κ2) is 6.36. The minimum absolute atomic E-state index is 0.0349. The summed E-state index contributed by atoms with van der Waals surface area (Å²) in [5.74, 6) is 0.734. The van der Waals surface area contributed by atoms with Gasteiger partial charge in [-0.15, -0.1) is 11.3 Å². The van der Waals surface area contributed by atoms with E-state index in [4.69, 9.17) is 4.99 Å². The molecule has 1 aromatic carbocycles. The van der Waals surface area contributed by atoms with Crippen molar-refractivity contribution >= 4 is 17.2 Å². The standard InChI is InChI=1S/C20H23N3S/c1-14-9-10-16(12-15(14)2)23-17(20(3,4)5)13-24-19(23)22-18-8-6-7-11-21-18/h6-13H,1-5H3/b22-19+. The Kier molecular flexibility index (Phi) is 4.41. The predicted octanol–water partition coefficient (Wildman–Crippen LogP) is 5.08. The maximum atomic E-state index is 4.77. The molecule has 0 N–H and O–H groups in total. The lowest BCUT2D eigenvalue weighted by atomic mass is 9.92. The molecule has 0 radical (unpaired) electrons. The Balaban J connectivity index is 2.27. The highest BCUT2D eigenvalue weighted by atomic mass is 32.1. The summed E-state index contributed by atoms with van der Waals surface area (Å²) in [6.07, 6.45) is 1.78. The monoisotopic (exact) mass is 337 g/mol. The van der Waals surface area contributed by atoms with Crippen LogP contribution in [0.2, 0.25) is 0 Å². The zero-order chi connectivity index (χ0) is 17.3. The number of pyridine rings is 1. The van der Waals surface area contributed by atoms with Crippen LogP contribution in [0.15, 0.2) is 53.0 Å². The highest BCUT2D eigenvalue weighted by Gasteiger charge is 2.21. The Morgan fingerprint density at radius 1 is 1.04 bits per heavy atom. The summed E-state index contributed by atoms with van der Waals surface area (Å²) in [4.78, 5) is 10.1. The van der Waals surface area contributed by atoms with E-state index in [-0.39, 0.29) is 5.41 Å². The van der Waals surface area contributed by atoms with Gasteiger partial charge in [0, 0.05) is 28.4 Å². The summed E-state index contributed by atoms with van der Waals surface area (Å²) < 4.78 is 2.26. The average molecular weight is 337 g/mol. The fourth-order valence-corrected chi connectivity index (χ4v) is 3.67. The lowest BCUT2D eigenvalue weighted by Crippen LogP contribution is -2.23. The average Bonchev–Trinajstić information content (AvgIpc) is 2.95. The van der Waals surface area contributed by atoms with Crippen LogP contribution in [0.25, 0.3) is 5.69 Å². The highest BCUT2D eigenvalue weighted by Crippen LogP contribution is 2.26. The second-order valence-corrected chi connectivity index (χ2v) is 7.89. The van der Waals surface area contributed by atoms with E-state index in [1.54, 1.807) is 17.5 Å². The molecular weight excluding hydrogens is 314 g/mol. The number of hydrogen-bond donors (Lipinski definition) is 0. The maximum Gasteiger partial charge on any atom is 0.196 e. The van der Waals surface area contributed by atoms with Gasteiger partial charge in [0.1, 0.15) is 0 Å². The molecule has 3 aromatic rings. The molecule has 0 aliphatic carbocycles. The van der Waals surface area contributed by atoms with Crippen molar-refractivity contribution in [2.75, 3.05) is 0 Å². The third-order valence-electron chi connectivity index (χ3n) is 4.08. The number of rotatable bonds is 2. The van der Waals surface area contributed by atoms with Crippen molar-refractivity contribution in [2.45, 2.75) is 40.0 Å². The summed E-state index contributed by atoms with van der Waals surface area (Å²) in [5.41, 5.74) is 5.03. The first-order valence-corrected chi connectivity index (χ1v) is 8.98. The molecule has 0 saturated carbocycles. The molecule has 0 aliphatic rings. The lowest BCUT2D eigenvalue weighted by Gasteiger charge is -2.21. The van der Waals surface area contributed by atoms with Crippen molar-refractivity contribution in [1.82, 2.24) is 9.55 Å². The van der Waals surface area contributed by atoms with Crippen LogP contribution in [-0.2, 0) is 5.41 Å². The Hall–Kier alpha value is -2.20. The predicted molar refractivity (Wildman–Crippen MR) is 101 cm³/mol. The van der Waals surface area contributed by atoms with E-state index in [1.807, 2.05) is 18.2 Å². The maximum absolute atomic E-state index is 4.77. The van der Waals surface area contributed by atoms with Crippen LogP contribution in [0.5, 0.6) is 0 Å². The molecule has 2 aromatic heterocycles. The number of thiazole rings is 1. The van der Waals surface area contributed by atoms with Crippen molar-refractivity contribution in [3.8, 4) is 5.69 Å². The van der Waals surface area contributed by atoms with Gasteiger partial charge in [0.15, 0.2) is 10.6 Å². The Bertz CT molecular complexity index is 912. The summed E-state index contributed by atoms with van der Waals surface area (Å²) in [5, 5.41) is 2.21. The summed E-state index contributed by atoms with van der Waals surface area (Å²) in [6.45, 7) is 11.0. The molecule has 124 valence electrons. The molecule has 0 unspecified atom stereocenters.